The minimum atomic E-state index is -0.215. The van der Waals surface area contributed by atoms with E-state index in [4.69, 9.17) is 5.73 Å². The van der Waals surface area contributed by atoms with Crippen LogP contribution in [0.25, 0.3) is 5.69 Å². The van der Waals surface area contributed by atoms with Gasteiger partial charge >= 0.3 is 0 Å². The van der Waals surface area contributed by atoms with E-state index in [1.165, 1.54) is 0 Å². The van der Waals surface area contributed by atoms with Crippen molar-refractivity contribution in [3.8, 4) is 5.69 Å². The normalized spacial score (nSPS) is 10.8. The maximum absolute atomic E-state index is 13.2. The fourth-order valence-electron chi connectivity index (χ4n) is 3.86. The highest BCUT2D eigenvalue weighted by molar-refractivity contribution is 6.03. The van der Waals surface area contributed by atoms with E-state index in [9.17, 15) is 4.79 Å². The number of hydrogen-bond acceptors (Lipinski definition) is 4. The molecule has 0 atom stereocenters. The molecule has 0 fully saturated rings. The largest absolute Gasteiger partial charge is 0.341 e. The molecule has 3 aromatic carbocycles. The summed E-state index contributed by atoms with van der Waals surface area (Å²) < 4.78 is 1.67. The molecule has 1 heterocycles. The van der Waals surface area contributed by atoms with Gasteiger partial charge < -0.3 is 16.0 Å². The van der Waals surface area contributed by atoms with Crippen LogP contribution in [0.15, 0.2) is 84.9 Å². The highest BCUT2D eigenvalue weighted by Gasteiger charge is 2.17. The molecule has 0 radical (unpaired) electrons. The predicted molar refractivity (Wildman–Crippen MR) is 134 cm³/mol. The summed E-state index contributed by atoms with van der Waals surface area (Å²) in [6, 6.07) is 27.7. The molecule has 0 saturated heterocycles. The van der Waals surface area contributed by atoms with Crippen LogP contribution in [0.3, 0.4) is 0 Å². The fourth-order valence-corrected chi connectivity index (χ4v) is 3.86. The lowest BCUT2D eigenvalue weighted by Crippen LogP contribution is -2.19. The molecule has 1 amide bonds. The first-order chi connectivity index (χ1) is 16.1. The van der Waals surface area contributed by atoms with Crippen LogP contribution in [0.4, 0.5) is 17.1 Å². The first-order valence-electron chi connectivity index (χ1n) is 11.2. The Labute approximate surface area is 194 Å². The van der Waals surface area contributed by atoms with E-state index in [-0.39, 0.29) is 5.91 Å². The Morgan fingerprint density at radius 2 is 1.73 bits per heavy atom. The second-order valence-corrected chi connectivity index (χ2v) is 7.95. The van der Waals surface area contributed by atoms with Crippen molar-refractivity contribution in [2.75, 3.05) is 16.8 Å². The van der Waals surface area contributed by atoms with Crippen molar-refractivity contribution in [2.45, 2.75) is 26.8 Å². The molecule has 1 aromatic heterocycles. The molecule has 0 aliphatic heterocycles. The van der Waals surface area contributed by atoms with Gasteiger partial charge in [0.15, 0.2) is 0 Å². The average molecular weight is 440 g/mol. The lowest BCUT2D eigenvalue weighted by molar-refractivity contribution is 0.101. The highest BCUT2D eigenvalue weighted by atomic mass is 16.2. The summed E-state index contributed by atoms with van der Waals surface area (Å²) in [6.45, 7) is 5.34. The first-order valence-corrected chi connectivity index (χ1v) is 11.2. The Morgan fingerprint density at radius 3 is 2.48 bits per heavy atom. The van der Waals surface area contributed by atoms with Gasteiger partial charge in [0.05, 0.1) is 11.4 Å². The molecule has 0 aliphatic carbocycles. The number of nitrogens with zero attached hydrogens (tertiary/aromatic N) is 3. The Kier molecular flexibility index (Phi) is 6.86. The Hall–Kier alpha value is -3.90. The van der Waals surface area contributed by atoms with Crippen molar-refractivity contribution < 1.29 is 4.79 Å². The molecule has 0 unspecified atom stereocenters. The van der Waals surface area contributed by atoms with Crippen LogP contribution in [0.1, 0.15) is 35.1 Å². The number of benzene rings is 3. The van der Waals surface area contributed by atoms with Crippen molar-refractivity contribution >= 4 is 23.0 Å². The van der Waals surface area contributed by atoms with Gasteiger partial charge in [-0.3, -0.25) is 4.79 Å². The van der Waals surface area contributed by atoms with E-state index in [0.29, 0.717) is 12.2 Å². The molecule has 4 aromatic rings. The lowest BCUT2D eigenvalue weighted by atomic mass is 10.2. The minimum absolute atomic E-state index is 0.215. The van der Waals surface area contributed by atoms with Crippen molar-refractivity contribution in [3.63, 3.8) is 0 Å². The van der Waals surface area contributed by atoms with Gasteiger partial charge in [-0.05, 0) is 67.4 Å². The quantitative estimate of drug-likeness (QED) is 0.383. The molecule has 168 valence electrons. The highest BCUT2D eigenvalue weighted by Crippen LogP contribution is 2.28. The maximum Gasteiger partial charge on any atom is 0.274 e. The second kappa shape index (κ2) is 10.1. The van der Waals surface area contributed by atoms with Gasteiger partial charge in [0.1, 0.15) is 5.69 Å². The number of aromatic nitrogens is 2. The Balaban J connectivity index is 1.61. The number of aryl methyl sites for hydroxylation is 1. The average Bonchev–Trinajstić information content (AvgIpc) is 3.25. The summed E-state index contributed by atoms with van der Waals surface area (Å²) >= 11 is 0. The van der Waals surface area contributed by atoms with E-state index in [1.54, 1.807) is 10.7 Å². The lowest BCUT2D eigenvalue weighted by Gasteiger charge is -2.25. The van der Waals surface area contributed by atoms with Gasteiger partial charge in [0.2, 0.25) is 0 Å². The van der Waals surface area contributed by atoms with Gasteiger partial charge in [-0.2, -0.15) is 5.10 Å². The minimum Gasteiger partial charge on any atom is -0.341 e. The van der Waals surface area contributed by atoms with Crippen LogP contribution in [0, 0.1) is 6.92 Å². The third-order valence-electron chi connectivity index (χ3n) is 5.39. The van der Waals surface area contributed by atoms with Crippen LogP contribution < -0.4 is 16.0 Å². The third kappa shape index (κ3) is 5.13. The summed E-state index contributed by atoms with van der Waals surface area (Å²) in [6.07, 6.45) is 1.01. The predicted octanol–water partition coefficient (Wildman–Crippen LogP) is 5.44. The van der Waals surface area contributed by atoms with Crippen molar-refractivity contribution in [2.24, 2.45) is 5.73 Å². The Bertz CT molecular complexity index is 1230. The molecule has 0 bridgehead atoms. The molecule has 6 heteroatoms. The number of nitrogens with one attached hydrogen (secondary N) is 1. The molecule has 33 heavy (non-hydrogen) atoms. The van der Waals surface area contributed by atoms with E-state index in [2.05, 4.69) is 40.4 Å². The SMILES string of the molecule is CCCN(c1ccccc1)c1cccc(NC(=O)c2cc(C)nn2-c2cccc(CN)c2)c1. The molecule has 0 aliphatic rings. The summed E-state index contributed by atoms with van der Waals surface area (Å²) in [5.74, 6) is -0.215. The first kappa shape index (κ1) is 22.3. The van der Waals surface area contributed by atoms with Crippen LogP contribution in [-0.2, 0) is 6.54 Å². The van der Waals surface area contributed by atoms with E-state index >= 15 is 0 Å². The van der Waals surface area contributed by atoms with E-state index < -0.39 is 0 Å². The van der Waals surface area contributed by atoms with Crippen molar-refractivity contribution in [1.29, 1.82) is 0 Å². The van der Waals surface area contributed by atoms with Gasteiger partial charge in [0.25, 0.3) is 5.91 Å². The number of carbonyl (C=O) groups is 1. The van der Waals surface area contributed by atoms with Gasteiger partial charge in [0, 0.05) is 30.2 Å². The third-order valence-corrected chi connectivity index (χ3v) is 5.39. The van der Waals surface area contributed by atoms with E-state index in [0.717, 1.165) is 47.0 Å². The van der Waals surface area contributed by atoms with Crippen molar-refractivity contribution in [1.82, 2.24) is 9.78 Å². The summed E-state index contributed by atoms with van der Waals surface area (Å²) in [5.41, 5.74) is 11.7. The van der Waals surface area contributed by atoms with Gasteiger partial charge in [-0.15, -0.1) is 0 Å². The van der Waals surface area contributed by atoms with Crippen LogP contribution >= 0.6 is 0 Å². The standard InChI is InChI=1S/C27H29N5O/c1-3-15-31(23-11-5-4-6-12-23)24-13-8-10-22(18-24)29-27(33)26-16-20(2)30-32(26)25-14-7-9-21(17-25)19-28/h4-14,16-18H,3,15,19,28H2,1-2H3,(H,29,33). The Morgan fingerprint density at radius 1 is 0.970 bits per heavy atom. The van der Waals surface area contributed by atoms with Gasteiger partial charge in [-0.25, -0.2) is 4.68 Å². The molecule has 0 saturated carbocycles. The number of para-hydroxylation sites is 1. The summed E-state index contributed by atoms with van der Waals surface area (Å²) in [7, 11) is 0. The molecule has 3 N–H and O–H groups in total. The van der Waals surface area contributed by atoms with Crippen LogP contribution in [0.2, 0.25) is 0 Å². The number of hydrogen-bond donors (Lipinski definition) is 2. The monoisotopic (exact) mass is 439 g/mol. The smallest absolute Gasteiger partial charge is 0.274 e. The zero-order valence-electron chi connectivity index (χ0n) is 19.0. The maximum atomic E-state index is 13.2. The molecular weight excluding hydrogens is 410 g/mol. The van der Waals surface area contributed by atoms with Crippen molar-refractivity contribution in [3.05, 3.63) is 102 Å². The summed E-state index contributed by atoms with van der Waals surface area (Å²) in [5, 5.41) is 7.58. The number of rotatable bonds is 8. The molecular formula is C27H29N5O. The molecule has 6 nitrogen and oxygen atoms in total. The molecule has 0 spiro atoms. The number of nitrogens with two attached hydrogens (primary N) is 1. The fraction of sp³-hybridized carbons (Fsp3) is 0.185. The molecule has 4 rings (SSSR count). The second-order valence-electron chi connectivity index (χ2n) is 7.95. The van der Waals surface area contributed by atoms with Gasteiger partial charge in [-0.1, -0.05) is 43.3 Å². The topological polar surface area (TPSA) is 76.2 Å². The number of amides is 1. The zero-order valence-corrected chi connectivity index (χ0v) is 19.0. The number of anilines is 3. The van der Waals surface area contributed by atoms with E-state index in [1.807, 2.05) is 67.6 Å². The summed E-state index contributed by atoms with van der Waals surface area (Å²) in [4.78, 5) is 15.5. The van der Waals surface area contributed by atoms with Crippen LogP contribution in [-0.4, -0.2) is 22.2 Å². The van der Waals surface area contributed by atoms with Crippen LogP contribution in [0.5, 0.6) is 0 Å². The zero-order chi connectivity index (χ0) is 23.2. The number of carbonyl (C=O) groups excluding carboxylic acids is 1.